The number of carbonyl (C=O) groups is 1. The molecule has 0 amide bonds. The second-order valence-electron chi connectivity index (χ2n) is 4.04. The number of benzene rings is 1. The molecule has 0 heterocycles. The summed E-state index contributed by atoms with van der Waals surface area (Å²) in [6.45, 7) is 0. The van der Waals surface area contributed by atoms with Gasteiger partial charge in [-0.15, -0.1) is 0 Å². The van der Waals surface area contributed by atoms with Gasteiger partial charge in [0, 0.05) is 5.03 Å². The van der Waals surface area contributed by atoms with Crippen molar-refractivity contribution in [2.75, 3.05) is 0 Å². The van der Waals surface area contributed by atoms with Crippen LogP contribution < -0.4 is 0 Å². The van der Waals surface area contributed by atoms with E-state index in [1.807, 2.05) is 30.3 Å². The van der Waals surface area contributed by atoms with Gasteiger partial charge in [0.25, 0.3) is 0 Å². The first kappa shape index (κ1) is 11.2. The number of carboxylic acid groups (broad SMARTS) is 1. The first-order valence-electron chi connectivity index (χ1n) is 5.34. The smallest absolute Gasteiger partial charge is 0.332 e. The maximum atomic E-state index is 11.0. The highest BCUT2D eigenvalue weighted by Crippen LogP contribution is 2.37. The molecule has 0 radical (unpaired) electrons. The van der Waals surface area contributed by atoms with E-state index in [1.165, 1.54) is 5.56 Å². The Morgan fingerprint density at radius 1 is 1.31 bits per heavy atom. The van der Waals surface area contributed by atoms with Crippen LogP contribution in [0.4, 0.5) is 0 Å². The number of rotatable bonds is 2. The third-order valence-electron chi connectivity index (χ3n) is 3.02. The first-order valence-corrected chi connectivity index (χ1v) is 5.72. The fraction of sp³-hybridized carbons (Fsp3) is 0.308. The standard InChI is InChI=1S/C13H13ClO2/c14-12-7-6-10(8-11(12)13(15)16)9-4-2-1-3-5-9/h1-5,10H,6-8H2,(H,15,16). The summed E-state index contributed by atoms with van der Waals surface area (Å²) in [5.74, 6) is -0.597. The van der Waals surface area contributed by atoms with Crippen molar-refractivity contribution < 1.29 is 9.90 Å². The molecule has 1 aromatic carbocycles. The molecule has 1 aliphatic rings. The molecule has 84 valence electrons. The van der Waals surface area contributed by atoms with E-state index in [4.69, 9.17) is 16.7 Å². The minimum Gasteiger partial charge on any atom is -0.478 e. The van der Waals surface area contributed by atoms with Crippen LogP contribution in [0.5, 0.6) is 0 Å². The Hall–Kier alpha value is -1.28. The number of aliphatic carboxylic acids is 1. The molecule has 0 saturated heterocycles. The third kappa shape index (κ3) is 2.27. The van der Waals surface area contributed by atoms with Crippen molar-refractivity contribution in [1.29, 1.82) is 0 Å². The number of carboxylic acids is 1. The Bertz CT molecular complexity index is 423. The molecule has 1 unspecified atom stereocenters. The van der Waals surface area contributed by atoms with Gasteiger partial charge in [-0.3, -0.25) is 0 Å². The Balaban J connectivity index is 2.21. The number of allylic oxidation sites excluding steroid dienone is 1. The molecule has 0 aliphatic heterocycles. The number of hydrogen-bond donors (Lipinski definition) is 1. The average molecular weight is 237 g/mol. The molecular weight excluding hydrogens is 224 g/mol. The van der Waals surface area contributed by atoms with Crippen molar-refractivity contribution in [3.8, 4) is 0 Å². The van der Waals surface area contributed by atoms with Gasteiger partial charge >= 0.3 is 5.97 Å². The van der Waals surface area contributed by atoms with Crippen molar-refractivity contribution in [3.63, 3.8) is 0 Å². The maximum Gasteiger partial charge on any atom is 0.332 e. The molecule has 1 N–H and O–H groups in total. The van der Waals surface area contributed by atoms with Gasteiger partial charge in [-0.25, -0.2) is 4.79 Å². The summed E-state index contributed by atoms with van der Waals surface area (Å²) in [5, 5.41) is 9.54. The van der Waals surface area contributed by atoms with Crippen LogP contribution in [0.3, 0.4) is 0 Å². The molecule has 3 heteroatoms. The Morgan fingerprint density at radius 2 is 2.00 bits per heavy atom. The summed E-state index contributed by atoms with van der Waals surface area (Å²) >= 11 is 5.93. The summed E-state index contributed by atoms with van der Waals surface area (Å²) in [7, 11) is 0. The van der Waals surface area contributed by atoms with Crippen molar-refractivity contribution >= 4 is 17.6 Å². The highest BCUT2D eigenvalue weighted by Gasteiger charge is 2.25. The van der Waals surface area contributed by atoms with E-state index in [2.05, 4.69) is 0 Å². The molecule has 16 heavy (non-hydrogen) atoms. The van der Waals surface area contributed by atoms with Gasteiger partial charge in [0.15, 0.2) is 0 Å². The van der Waals surface area contributed by atoms with E-state index in [9.17, 15) is 4.79 Å². The van der Waals surface area contributed by atoms with Crippen LogP contribution in [0, 0.1) is 0 Å². The van der Waals surface area contributed by atoms with Crippen molar-refractivity contribution in [2.24, 2.45) is 0 Å². The van der Waals surface area contributed by atoms with Crippen LogP contribution in [0.15, 0.2) is 40.9 Å². The molecule has 0 spiro atoms. The summed E-state index contributed by atoms with van der Waals surface area (Å²) in [6.07, 6.45) is 2.14. The number of hydrogen-bond acceptors (Lipinski definition) is 1. The normalized spacial score (nSPS) is 20.9. The Kier molecular flexibility index (Phi) is 3.30. The van der Waals surface area contributed by atoms with Crippen LogP contribution >= 0.6 is 11.6 Å². The SMILES string of the molecule is O=C(O)C1=C(Cl)CCC(c2ccccc2)C1. The highest BCUT2D eigenvalue weighted by molar-refractivity contribution is 6.31. The molecule has 0 bridgehead atoms. The van der Waals surface area contributed by atoms with Crippen LogP contribution in [0.1, 0.15) is 30.7 Å². The van der Waals surface area contributed by atoms with Crippen molar-refractivity contribution in [3.05, 3.63) is 46.5 Å². The quantitative estimate of drug-likeness (QED) is 0.853. The minimum atomic E-state index is -0.884. The molecule has 2 nitrogen and oxygen atoms in total. The van der Waals surface area contributed by atoms with Crippen LogP contribution in [-0.4, -0.2) is 11.1 Å². The van der Waals surface area contributed by atoms with E-state index in [1.54, 1.807) is 0 Å². The predicted molar refractivity (Wildman–Crippen MR) is 63.5 cm³/mol. The lowest BCUT2D eigenvalue weighted by Gasteiger charge is -2.23. The second-order valence-corrected chi connectivity index (χ2v) is 4.50. The largest absolute Gasteiger partial charge is 0.478 e. The first-order chi connectivity index (χ1) is 7.68. The summed E-state index contributed by atoms with van der Waals surface area (Å²) < 4.78 is 0. The monoisotopic (exact) mass is 236 g/mol. The van der Waals surface area contributed by atoms with E-state index < -0.39 is 5.97 Å². The molecule has 0 aromatic heterocycles. The Morgan fingerprint density at radius 3 is 2.62 bits per heavy atom. The summed E-state index contributed by atoms with van der Waals surface area (Å²) in [5.41, 5.74) is 1.58. The fourth-order valence-electron chi connectivity index (χ4n) is 2.12. The van der Waals surface area contributed by atoms with Gasteiger partial charge < -0.3 is 5.11 Å². The van der Waals surface area contributed by atoms with Crippen LogP contribution in [0.2, 0.25) is 0 Å². The lowest BCUT2D eigenvalue weighted by Crippen LogP contribution is -2.13. The van der Waals surface area contributed by atoms with Crippen molar-refractivity contribution in [1.82, 2.24) is 0 Å². The zero-order valence-corrected chi connectivity index (χ0v) is 9.57. The third-order valence-corrected chi connectivity index (χ3v) is 3.44. The Labute approximate surface area is 99.5 Å². The van der Waals surface area contributed by atoms with Gasteiger partial charge in [-0.2, -0.15) is 0 Å². The van der Waals surface area contributed by atoms with E-state index in [-0.39, 0.29) is 5.92 Å². The summed E-state index contributed by atoms with van der Waals surface area (Å²) in [6, 6.07) is 10.0. The van der Waals surface area contributed by atoms with E-state index >= 15 is 0 Å². The van der Waals surface area contributed by atoms with E-state index in [0.717, 1.165) is 6.42 Å². The molecule has 0 saturated carbocycles. The maximum absolute atomic E-state index is 11.0. The molecule has 2 rings (SSSR count). The highest BCUT2D eigenvalue weighted by atomic mass is 35.5. The zero-order valence-electron chi connectivity index (χ0n) is 8.82. The second kappa shape index (κ2) is 4.71. The lowest BCUT2D eigenvalue weighted by atomic mass is 9.84. The van der Waals surface area contributed by atoms with E-state index in [0.29, 0.717) is 23.4 Å². The molecule has 1 aromatic rings. The predicted octanol–water partition coefficient (Wildman–Crippen LogP) is 3.53. The minimum absolute atomic E-state index is 0.287. The summed E-state index contributed by atoms with van der Waals surface area (Å²) in [4.78, 5) is 11.0. The van der Waals surface area contributed by atoms with Crippen LogP contribution in [0.25, 0.3) is 0 Å². The van der Waals surface area contributed by atoms with Gasteiger partial charge in [0.2, 0.25) is 0 Å². The average Bonchev–Trinajstić information content (AvgIpc) is 2.30. The van der Waals surface area contributed by atoms with Crippen LogP contribution in [-0.2, 0) is 4.79 Å². The molecule has 1 atom stereocenters. The van der Waals surface area contributed by atoms with Gasteiger partial charge in [-0.1, -0.05) is 41.9 Å². The molecule has 1 aliphatic carbocycles. The van der Waals surface area contributed by atoms with Gasteiger partial charge in [-0.05, 0) is 30.7 Å². The molecule has 0 fully saturated rings. The number of halogens is 1. The topological polar surface area (TPSA) is 37.3 Å². The van der Waals surface area contributed by atoms with Gasteiger partial charge in [0.1, 0.15) is 0 Å². The fourth-order valence-corrected chi connectivity index (χ4v) is 2.39. The van der Waals surface area contributed by atoms with Crippen molar-refractivity contribution in [2.45, 2.75) is 25.2 Å². The van der Waals surface area contributed by atoms with Gasteiger partial charge in [0.05, 0.1) is 5.57 Å². The molecular formula is C13H13ClO2. The lowest BCUT2D eigenvalue weighted by molar-refractivity contribution is -0.133. The zero-order chi connectivity index (χ0) is 11.5.